The lowest BCUT2D eigenvalue weighted by atomic mass is 9.72. The lowest BCUT2D eigenvalue weighted by Gasteiger charge is -2.46. The number of aromatic nitrogens is 2. The Hall–Kier alpha value is -2.66. The van der Waals surface area contributed by atoms with Gasteiger partial charge in [-0.25, -0.2) is 0 Å². The van der Waals surface area contributed by atoms with Crippen LogP contribution in [0.3, 0.4) is 0 Å². The molecule has 2 unspecified atom stereocenters. The molecule has 0 saturated carbocycles. The number of fused-ring (bicyclic) bond motifs is 2. The highest BCUT2D eigenvalue weighted by Gasteiger charge is 2.43. The zero-order chi connectivity index (χ0) is 27.0. The molecule has 1 saturated heterocycles. The fourth-order valence-electron chi connectivity index (χ4n) is 7.23. The summed E-state index contributed by atoms with van der Waals surface area (Å²) in [4.78, 5) is 23.3. The van der Waals surface area contributed by atoms with Crippen molar-refractivity contribution < 1.29 is 4.79 Å². The molecule has 0 spiro atoms. The van der Waals surface area contributed by atoms with E-state index >= 15 is 0 Å². The van der Waals surface area contributed by atoms with Gasteiger partial charge >= 0.3 is 0 Å². The third-order valence-corrected chi connectivity index (χ3v) is 9.30. The summed E-state index contributed by atoms with van der Waals surface area (Å²) in [5, 5.41) is 1.45. The highest BCUT2D eigenvalue weighted by molar-refractivity contribution is 5.89. The Morgan fingerprint density at radius 2 is 1.97 bits per heavy atom. The van der Waals surface area contributed by atoms with Gasteiger partial charge in [-0.15, -0.1) is 0 Å². The number of unbranched alkanes of at least 4 members (excludes halogenated alkanes) is 1. The first-order valence-corrected chi connectivity index (χ1v) is 14.8. The van der Waals surface area contributed by atoms with Crippen LogP contribution in [0.15, 0.2) is 48.9 Å². The number of pyridine rings is 1. The predicted octanol–water partition coefficient (Wildman–Crippen LogP) is 6.79. The predicted molar refractivity (Wildman–Crippen MR) is 157 cm³/mol. The van der Waals surface area contributed by atoms with Crippen LogP contribution in [0.2, 0.25) is 0 Å². The minimum absolute atomic E-state index is 0.0400. The number of likely N-dealkylation sites (N-methyl/N-ethyl adjacent to an activating group) is 1. The van der Waals surface area contributed by atoms with E-state index in [1.54, 1.807) is 0 Å². The van der Waals surface area contributed by atoms with Crippen molar-refractivity contribution in [1.82, 2.24) is 19.4 Å². The van der Waals surface area contributed by atoms with Crippen molar-refractivity contribution in [3.05, 3.63) is 65.6 Å². The lowest BCUT2D eigenvalue weighted by molar-refractivity contribution is -0.140. The van der Waals surface area contributed by atoms with Gasteiger partial charge in [-0.2, -0.15) is 0 Å². The van der Waals surface area contributed by atoms with E-state index in [0.29, 0.717) is 29.8 Å². The Morgan fingerprint density at radius 3 is 2.68 bits per heavy atom. The molecule has 1 fully saturated rings. The highest BCUT2D eigenvalue weighted by atomic mass is 16.2. The highest BCUT2D eigenvalue weighted by Crippen LogP contribution is 2.46. The molecule has 5 heteroatoms. The van der Waals surface area contributed by atoms with E-state index < -0.39 is 0 Å². The Bertz CT molecular complexity index is 1250. The van der Waals surface area contributed by atoms with Gasteiger partial charge in [0, 0.05) is 66.6 Å². The van der Waals surface area contributed by atoms with Crippen LogP contribution in [0.1, 0.15) is 94.9 Å². The quantitative estimate of drug-likeness (QED) is 0.316. The molecule has 3 heterocycles. The lowest BCUT2D eigenvalue weighted by Crippen LogP contribution is -2.53. The molecule has 2 aromatic heterocycles. The number of hydrogen-bond acceptors (Lipinski definition) is 3. The summed E-state index contributed by atoms with van der Waals surface area (Å²) in [6.45, 7) is 13.0. The van der Waals surface area contributed by atoms with E-state index in [1.807, 2.05) is 18.5 Å². The number of carbonyl (C=O) groups excluding carboxylic acids is 1. The second-order valence-corrected chi connectivity index (χ2v) is 12.3. The van der Waals surface area contributed by atoms with Crippen molar-refractivity contribution in [2.24, 2.45) is 5.92 Å². The van der Waals surface area contributed by atoms with Crippen molar-refractivity contribution in [3.8, 4) is 0 Å². The molecule has 1 aromatic carbocycles. The zero-order valence-electron chi connectivity index (χ0n) is 24.2. The topological polar surface area (TPSA) is 41.4 Å². The zero-order valence-corrected chi connectivity index (χ0v) is 24.2. The molecule has 5 atom stereocenters. The molecule has 0 radical (unpaired) electrons. The number of amides is 1. The molecule has 5 rings (SSSR count). The summed E-state index contributed by atoms with van der Waals surface area (Å²) in [6, 6.07) is 12.1. The number of rotatable bonds is 9. The number of carbonyl (C=O) groups is 1. The van der Waals surface area contributed by atoms with Crippen LogP contribution < -0.4 is 0 Å². The molecule has 3 aromatic rings. The molecule has 1 amide bonds. The summed E-state index contributed by atoms with van der Waals surface area (Å²) in [7, 11) is 2.24. The van der Waals surface area contributed by atoms with E-state index in [1.165, 1.54) is 27.6 Å². The van der Waals surface area contributed by atoms with Gasteiger partial charge in [0.1, 0.15) is 0 Å². The number of likely N-dealkylation sites (tertiary alicyclic amines) is 1. The van der Waals surface area contributed by atoms with E-state index in [-0.39, 0.29) is 12.0 Å². The van der Waals surface area contributed by atoms with Crippen LogP contribution >= 0.6 is 0 Å². The SMILES string of the molecule is CCCCN(C(=O)[C@@H]1C[C@@H]2c3cccc4c3c(cn4C(C)C)C[C@H]2N(C)C1)C(C)CC(C)c1cccnc1. The van der Waals surface area contributed by atoms with Gasteiger partial charge < -0.3 is 14.4 Å². The minimum atomic E-state index is 0.0400. The number of hydrogen-bond donors (Lipinski definition) is 0. The van der Waals surface area contributed by atoms with Gasteiger partial charge in [0.05, 0.1) is 5.92 Å². The Kier molecular flexibility index (Phi) is 7.95. The van der Waals surface area contributed by atoms with Crippen LogP contribution in [0.5, 0.6) is 0 Å². The van der Waals surface area contributed by atoms with Crippen LogP contribution in [0.25, 0.3) is 10.9 Å². The van der Waals surface area contributed by atoms with Crippen molar-refractivity contribution in [2.75, 3.05) is 20.1 Å². The number of benzene rings is 1. The maximum absolute atomic E-state index is 14.2. The molecule has 2 aliphatic rings. The fraction of sp³-hybridized carbons (Fsp3) is 0.576. The molecule has 1 aliphatic heterocycles. The molecule has 1 aliphatic carbocycles. The van der Waals surface area contributed by atoms with Crippen molar-refractivity contribution in [1.29, 1.82) is 0 Å². The Labute approximate surface area is 229 Å². The summed E-state index contributed by atoms with van der Waals surface area (Å²) in [5.74, 6) is 1.17. The standard InChI is InChI=1S/C33H46N4O/c1-7-8-15-36(24(5)16-23(4)25-11-10-14-34-19-25)33(38)27-17-29-28-12-9-13-30-32(28)26(21-37(30)22(2)3)18-31(29)35(6)20-27/h9-14,19,21-24,27,29,31H,7-8,15-18,20H2,1-6H3/t23?,24?,27-,29-,31-/m1/s1. The van der Waals surface area contributed by atoms with Gasteiger partial charge in [0.15, 0.2) is 0 Å². The summed E-state index contributed by atoms with van der Waals surface area (Å²) >= 11 is 0. The summed E-state index contributed by atoms with van der Waals surface area (Å²) in [6.07, 6.45) is 11.3. The molecule has 5 nitrogen and oxygen atoms in total. The third-order valence-electron chi connectivity index (χ3n) is 9.30. The smallest absolute Gasteiger partial charge is 0.227 e. The third kappa shape index (κ3) is 5.02. The van der Waals surface area contributed by atoms with Gasteiger partial charge in [0.2, 0.25) is 5.91 Å². The monoisotopic (exact) mass is 514 g/mol. The van der Waals surface area contributed by atoms with Crippen LogP contribution in [-0.4, -0.2) is 57.5 Å². The molecule has 0 N–H and O–H groups in total. The maximum atomic E-state index is 14.2. The molecule has 38 heavy (non-hydrogen) atoms. The second kappa shape index (κ2) is 11.2. The van der Waals surface area contributed by atoms with Crippen molar-refractivity contribution in [3.63, 3.8) is 0 Å². The Balaban J connectivity index is 1.39. The first-order valence-electron chi connectivity index (χ1n) is 14.8. The average molecular weight is 515 g/mol. The largest absolute Gasteiger partial charge is 0.345 e. The molecular weight excluding hydrogens is 468 g/mol. The molecule has 0 bridgehead atoms. The van der Waals surface area contributed by atoms with Gasteiger partial charge in [-0.1, -0.05) is 38.5 Å². The maximum Gasteiger partial charge on any atom is 0.227 e. The summed E-state index contributed by atoms with van der Waals surface area (Å²) < 4.78 is 2.44. The molecular formula is C33H46N4O. The van der Waals surface area contributed by atoms with Crippen LogP contribution in [0.4, 0.5) is 0 Å². The fourth-order valence-corrected chi connectivity index (χ4v) is 7.23. The second-order valence-electron chi connectivity index (χ2n) is 12.3. The van der Waals surface area contributed by atoms with E-state index in [9.17, 15) is 4.79 Å². The van der Waals surface area contributed by atoms with Gasteiger partial charge in [0.25, 0.3) is 0 Å². The van der Waals surface area contributed by atoms with E-state index in [4.69, 9.17) is 0 Å². The van der Waals surface area contributed by atoms with Gasteiger partial charge in [-0.3, -0.25) is 9.78 Å². The number of nitrogens with zero attached hydrogens (tertiary/aromatic N) is 4. The number of piperidine rings is 1. The molecule has 204 valence electrons. The van der Waals surface area contributed by atoms with Gasteiger partial charge in [-0.05, 0) is 88.2 Å². The minimum Gasteiger partial charge on any atom is -0.345 e. The van der Waals surface area contributed by atoms with E-state index in [2.05, 4.69) is 91.5 Å². The first kappa shape index (κ1) is 26.9. The van der Waals surface area contributed by atoms with Crippen LogP contribution in [0, 0.1) is 5.92 Å². The summed E-state index contributed by atoms with van der Waals surface area (Å²) in [5.41, 5.74) is 5.53. The average Bonchev–Trinajstić information content (AvgIpc) is 3.30. The normalized spacial score (nSPS) is 22.9. The van der Waals surface area contributed by atoms with Crippen molar-refractivity contribution in [2.45, 2.75) is 96.7 Å². The van der Waals surface area contributed by atoms with E-state index in [0.717, 1.165) is 45.2 Å². The van der Waals surface area contributed by atoms with Crippen LogP contribution in [-0.2, 0) is 11.2 Å². The van der Waals surface area contributed by atoms with Crippen molar-refractivity contribution >= 4 is 16.8 Å². The Morgan fingerprint density at radius 1 is 1.16 bits per heavy atom. The first-order chi connectivity index (χ1) is 18.3.